The van der Waals surface area contributed by atoms with Gasteiger partial charge in [-0.3, -0.25) is 0 Å². The smallest absolute Gasteiger partial charge is 0.378 e. The van der Waals surface area contributed by atoms with Crippen LogP contribution in [0.25, 0.3) is 5.69 Å². The lowest BCUT2D eigenvalue weighted by Gasteiger charge is -2.12. The van der Waals surface area contributed by atoms with Crippen molar-refractivity contribution in [1.29, 1.82) is 0 Å². The molecule has 0 aliphatic rings. The van der Waals surface area contributed by atoms with Crippen molar-refractivity contribution in [3.8, 4) is 22.9 Å². The second-order valence-corrected chi connectivity index (χ2v) is 6.05. The zero-order valence-corrected chi connectivity index (χ0v) is 16.0. The molecule has 1 aromatic heterocycles. The lowest BCUT2D eigenvalue weighted by Crippen LogP contribution is -2.07. The van der Waals surface area contributed by atoms with Crippen molar-refractivity contribution in [2.24, 2.45) is 0 Å². The normalized spacial score (nSPS) is 10.5. The van der Waals surface area contributed by atoms with Crippen LogP contribution in [0.3, 0.4) is 0 Å². The molecule has 146 valence electrons. The van der Waals surface area contributed by atoms with Crippen LogP contribution in [0.4, 0.5) is 0 Å². The summed E-state index contributed by atoms with van der Waals surface area (Å²) < 4.78 is 16.9. The zero-order valence-electron chi connectivity index (χ0n) is 15.3. The van der Waals surface area contributed by atoms with Crippen LogP contribution in [0.5, 0.6) is 17.2 Å². The highest BCUT2D eigenvalue weighted by Crippen LogP contribution is 2.37. The third kappa shape index (κ3) is 4.34. The number of hydrogen-bond acceptors (Lipinski definition) is 7. The molecule has 0 bridgehead atoms. The van der Waals surface area contributed by atoms with Gasteiger partial charge < -0.3 is 19.3 Å². The molecule has 0 unspecified atom stereocenters. The van der Waals surface area contributed by atoms with E-state index in [9.17, 15) is 9.90 Å². The number of hydrogen-bond donors (Lipinski definition) is 1. The quantitative estimate of drug-likeness (QED) is 0.604. The minimum Gasteiger partial charge on any atom is -0.504 e. The maximum atomic E-state index is 11.7. The summed E-state index contributed by atoms with van der Waals surface area (Å²) in [6, 6.07) is 10.3. The number of carbonyl (C=O) groups is 1. The Morgan fingerprint density at radius 1 is 1.25 bits per heavy atom. The van der Waals surface area contributed by atoms with Gasteiger partial charge in [-0.05, 0) is 30.7 Å². The van der Waals surface area contributed by atoms with E-state index >= 15 is 0 Å². The van der Waals surface area contributed by atoms with Gasteiger partial charge in [0.2, 0.25) is 0 Å². The van der Waals surface area contributed by atoms with Gasteiger partial charge in [-0.1, -0.05) is 23.7 Å². The lowest BCUT2D eigenvalue weighted by atomic mass is 10.2. The van der Waals surface area contributed by atoms with Gasteiger partial charge in [0.15, 0.2) is 11.5 Å². The molecular weight excluding hydrogens is 386 g/mol. The molecule has 1 heterocycles. The minimum absolute atomic E-state index is 0.0858. The van der Waals surface area contributed by atoms with Crippen molar-refractivity contribution in [1.82, 2.24) is 14.8 Å². The van der Waals surface area contributed by atoms with E-state index in [1.54, 1.807) is 20.1 Å². The standard InChI is InChI=1S/C19H18ClN3O5/c1-3-27-19(25)18-21-11-23(22-18)13-8-15(20)17(16(24)9-13)28-10-12-4-6-14(26-2)7-5-12/h4-9,11,24H,3,10H2,1-2H3. The molecular formula is C19H18ClN3O5. The Hall–Kier alpha value is -3.26. The molecule has 2 aromatic carbocycles. The fourth-order valence-corrected chi connectivity index (χ4v) is 2.66. The first-order valence-electron chi connectivity index (χ1n) is 8.39. The van der Waals surface area contributed by atoms with Crippen molar-refractivity contribution in [3.63, 3.8) is 0 Å². The number of phenols is 1. The summed E-state index contributed by atoms with van der Waals surface area (Å²) in [6.07, 6.45) is 1.33. The number of ether oxygens (including phenoxy) is 3. The second kappa shape index (κ2) is 8.62. The van der Waals surface area contributed by atoms with Crippen LogP contribution in [0.1, 0.15) is 23.1 Å². The number of benzene rings is 2. The monoisotopic (exact) mass is 403 g/mol. The van der Waals surface area contributed by atoms with Crippen molar-refractivity contribution in [3.05, 3.63) is 59.1 Å². The number of carbonyl (C=O) groups excluding carboxylic acids is 1. The van der Waals surface area contributed by atoms with Gasteiger partial charge in [-0.25, -0.2) is 14.5 Å². The molecule has 8 nitrogen and oxygen atoms in total. The summed E-state index contributed by atoms with van der Waals surface area (Å²) in [5, 5.41) is 14.5. The van der Waals surface area contributed by atoms with E-state index in [0.29, 0.717) is 5.69 Å². The minimum atomic E-state index is -0.629. The third-order valence-electron chi connectivity index (χ3n) is 3.77. The third-order valence-corrected chi connectivity index (χ3v) is 4.05. The largest absolute Gasteiger partial charge is 0.504 e. The number of halogens is 1. The van der Waals surface area contributed by atoms with E-state index < -0.39 is 5.97 Å². The number of aromatic hydroxyl groups is 1. The highest BCUT2D eigenvalue weighted by atomic mass is 35.5. The molecule has 9 heteroatoms. The Balaban J connectivity index is 1.76. The number of nitrogens with zero attached hydrogens (tertiary/aromatic N) is 3. The van der Waals surface area contributed by atoms with Crippen molar-refractivity contribution in [2.75, 3.05) is 13.7 Å². The van der Waals surface area contributed by atoms with E-state index in [1.165, 1.54) is 17.1 Å². The van der Waals surface area contributed by atoms with E-state index in [1.807, 2.05) is 24.3 Å². The highest BCUT2D eigenvalue weighted by molar-refractivity contribution is 6.32. The first-order valence-corrected chi connectivity index (χ1v) is 8.77. The molecule has 0 fully saturated rings. The van der Waals surface area contributed by atoms with Gasteiger partial charge in [0.1, 0.15) is 18.7 Å². The highest BCUT2D eigenvalue weighted by Gasteiger charge is 2.16. The number of esters is 1. The Kier molecular flexibility index (Phi) is 6.00. The van der Waals surface area contributed by atoms with Crippen LogP contribution >= 0.6 is 11.6 Å². The molecule has 3 aromatic rings. The second-order valence-electron chi connectivity index (χ2n) is 5.65. The fraction of sp³-hybridized carbons (Fsp3) is 0.211. The van der Waals surface area contributed by atoms with Gasteiger partial charge in [-0.15, -0.1) is 5.10 Å². The molecule has 28 heavy (non-hydrogen) atoms. The van der Waals surface area contributed by atoms with Gasteiger partial charge in [0.25, 0.3) is 5.82 Å². The molecule has 0 saturated heterocycles. The number of rotatable bonds is 7. The number of methoxy groups -OCH3 is 1. The number of aromatic nitrogens is 3. The zero-order chi connectivity index (χ0) is 20.1. The van der Waals surface area contributed by atoms with E-state index in [0.717, 1.165) is 11.3 Å². The summed E-state index contributed by atoms with van der Waals surface area (Å²) in [7, 11) is 1.59. The van der Waals surface area contributed by atoms with Gasteiger partial charge in [0, 0.05) is 6.07 Å². The summed E-state index contributed by atoms with van der Waals surface area (Å²) in [5.41, 5.74) is 1.30. The summed E-state index contributed by atoms with van der Waals surface area (Å²) in [4.78, 5) is 15.6. The summed E-state index contributed by atoms with van der Waals surface area (Å²) >= 11 is 6.26. The Bertz CT molecular complexity index is 949. The van der Waals surface area contributed by atoms with Crippen molar-refractivity contribution in [2.45, 2.75) is 13.5 Å². The molecule has 0 radical (unpaired) electrons. The van der Waals surface area contributed by atoms with Crippen LogP contribution in [0.15, 0.2) is 42.7 Å². The van der Waals surface area contributed by atoms with Crippen LogP contribution in [-0.4, -0.2) is 39.6 Å². The SMILES string of the molecule is CCOC(=O)c1ncn(-c2cc(O)c(OCc3ccc(OC)cc3)c(Cl)c2)n1. The van der Waals surface area contributed by atoms with E-state index in [4.69, 9.17) is 25.8 Å². The van der Waals surface area contributed by atoms with Crippen molar-refractivity contribution >= 4 is 17.6 Å². The maximum absolute atomic E-state index is 11.7. The van der Waals surface area contributed by atoms with Crippen LogP contribution in [0, 0.1) is 0 Å². The van der Waals surface area contributed by atoms with Crippen LogP contribution in [-0.2, 0) is 11.3 Å². The molecule has 3 rings (SSSR count). The maximum Gasteiger partial charge on any atom is 0.378 e. The molecule has 0 spiro atoms. The molecule has 0 aliphatic carbocycles. The van der Waals surface area contributed by atoms with Crippen LogP contribution < -0.4 is 9.47 Å². The molecule has 0 amide bonds. The fourth-order valence-electron chi connectivity index (χ4n) is 2.39. The molecule has 1 N–H and O–H groups in total. The van der Waals surface area contributed by atoms with Gasteiger partial charge >= 0.3 is 5.97 Å². The Morgan fingerprint density at radius 3 is 2.64 bits per heavy atom. The number of phenolic OH excluding ortho intramolecular Hbond substituents is 1. The van der Waals surface area contributed by atoms with Crippen LogP contribution in [0.2, 0.25) is 5.02 Å². The molecule has 0 atom stereocenters. The summed E-state index contributed by atoms with van der Waals surface area (Å²) in [6.45, 7) is 2.13. The van der Waals surface area contributed by atoms with E-state index in [-0.39, 0.29) is 35.6 Å². The predicted octanol–water partition coefficient (Wildman–Crippen LogP) is 3.39. The van der Waals surface area contributed by atoms with Crippen molar-refractivity contribution < 1.29 is 24.1 Å². The van der Waals surface area contributed by atoms with Gasteiger partial charge in [-0.2, -0.15) is 0 Å². The lowest BCUT2D eigenvalue weighted by molar-refractivity contribution is 0.0512. The topological polar surface area (TPSA) is 95.7 Å². The Morgan fingerprint density at radius 2 is 2.00 bits per heavy atom. The average molecular weight is 404 g/mol. The van der Waals surface area contributed by atoms with E-state index in [2.05, 4.69) is 10.1 Å². The predicted molar refractivity (Wildman–Crippen MR) is 101 cm³/mol. The molecule has 0 saturated carbocycles. The van der Waals surface area contributed by atoms with Gasteiger partial charge in [0.05, 0.1) is 24.4 Å². The first kappa shape index (κ1) is 19.5. The molecule has 0 aliphatic heterocycles. The summed E-state index contributed by atoms with van der Waals surface area (Å²) in [5.74, 6) is 0.00785. The average Bonchev–Trinajstić information content (AvgIpc) is 3.18. The first-order chi connectivity index (χ1) is 13.5. The Labute approximate surface area is 166 Å².